The quantitative estimate of drug-likeness (QED) is 0.536. The third-order valence-electron chi connectivity index (χ3n) is 5.24. The molecule has 2 heterocycles. The van der Waals surface area contributed by atoms with Crippen LogP contribution in [0.4, 0.5) is 0 Å². The molecule has 2 aromatic heterocycles. The third kappa shape index (κ3) is 3.03. The fourth-order valence-electron chi connectivity index (χ4n) is 3.62. The number of benzene rings is 2. The van der Waals surface area contributed by atoms with E-state index in [1.54, 1.807) is 6.07 Å². The molecule has 1 fully saturated rings. The first-order valence-corrected chi connectivity index (χ1v) is 11.2. The summed E-state index contributed by atoms with van der Waals surface area (Å²) in [5, 5.41) is 7.63. The van der Waals surface area contributed by atoms with Gasteiger partial charge in [-0.25, -0.2) is 17.8 Å². The predicted molar refractivity (Wildman–Crippen MR) is 108 cm³/mol. The highest BCUT2D eigenvalue weighted by atomic mass is 32.2. The molecule has 0 saturated heterocycles. The van der Waals surface area contributed by atoms with Crippen LogP contribution in [0.3, 0.4) is 0 Å². The standard InChI is InChI=1S/C20H17N3O3S2/c1-12-19(13-5-3-2-4-6-13)20(12)23-28(24,25)18-10-9-17(27-18)14-7-8-15-16(11-14)22-26-21-15/h2-12,19-20,23H,1H3/t12-,19-,20+/m1/s1. The molecule has 4 aromatic rings. The van der Waals surface area contributed by atoms with Crippen molar-refractivity contribution in [3.05, 3.63) is 66.2 Å². The summed E-state index contributed by atoms with van der Waals surface area (Å²) in [6.07, 6.45) is 0. The number of sulfonamides is 1. The highest BCUT2D eigenvalue weighted by molar-refractivity contribution is 7.91. The van der Waals surface area contributed by atoms with Crippen molar-refractivity contribution in [1.82, 2.24) is 15.0 Å². The van der Waals surface area contributed by atoms with Gasteiger partial charge in [-0.2, -0.15) is 0 Å². The topological polar surface area (TPSA) is 85.1 Å². The van der Waals surface area contributed by atoms with Gasteiger partial charge >= 0.3 is 0 Å². The molecule has 0 unspecified atom stereocenters. The molecule has 28 heavy (non-hydrogen) atoms. The molecular formula is C20H17N3O3S2. The third-order valence-corrected chi connectivity index (χ3v) is 8.32. The highest BCUT2D eigenvalue weighted by Gasteiger charge is 2.49. The van der Waals surface area contributed by atoms with Gasteiger partial charge in [-0.05, 0) is 51.6 Å². The molecule has 8 heteroatoms. The molecule has 0 radical (unpaired) electrons. The van der Waals surface area contributed by atoms with Crippen LogP contribution in [-0.4, -0.2) is 24.8 Å². The van der Waals surface area contributed by atoms with Gasteiger partial charge in [0.2, 0.25) is 10.0 Å². The van der Waals surface area contributed by atoms with Gasteiger partial charge in [0, 0.05) is 16.8 Å². The number of fused-ring (bicyclic) bond motifs is 1. The maximum atomic E-state index is 12.9. The van der Waals surface area contributed by atoms with E-state index in [1.807, 2.05) is 54.6 Å². The summed E-state index contributed by atoms with van der Waals surface area (Å²) in [7, 11) is -3.57. The van der Waals surface area contributed by atoms with Crippen molar-refractivity contribution >= 4 is 32.4 Å². The largest absolute Gasteiger partial charge is 0.250 e. The van der Waals surface area contributed by atoms with Gasteiger partial charge in [-0.15, -0.1) is 11.3 Å². The minimum absolute atomic E-state index is 0.0736. The molecule has 5 rings (SSSR count). The number of rotatable bonds is 5. The summed E-state index contributed by atoms with van der Waals surface area (Å²) in [4.78, 5) is 0.855. The monoisotopic (exact) mass is 411 g/mol. The summed E-state index contributed by atoms with van der Waals surface area (Å²) < 4.78 is 33.7. The number of aromatic nitrogens is 2. The molecule has 0 bridgehead atoms. The molecule has 0 amide bonds. The maximum Gasteiger partial charge on any atom is 0.250 e. The average molecular weight is 412 g/mol. The number of nitrogens with one attached hydrogen (secondary N) is 1. The molecule has 1 saturated carbocycles. The van der Waals surface area contributed by atoms with E-state index in [4.69, 9.17) is 4.63 Å². The van der Waals surface area contributed by atoms with E-state index in [2.05, 4.69) is 22.0 Å². The molecular weight excluding hydrogens is 394 g/mol. The Morgan fingerprint density at radius 2 is 1.79 bits per heavy atom. The summed E-state index contributed by atoms with van der Waals surface area (Å²) >= 11 is 1.24. The second kappa shape index (κ2) is 6.51. The Balaban J connectivity index is 1.37. The summed E-state index contributed by atoms with van der Waals surface area (Å²) in [6.45, 7) is 2.08. The van der Waals surface area contributed by atoms with Crippen LogP contribution in [0.5, 0.6) is 0 Å². The van der Waals surface area contributed by atoms with Crippen molar-refractivity contribution in [1.29, 1.82) is 0 Å². The lowest BCUT2D eigenvalue weighted by atomic mass is 10.1. The minimum Gasteiger partial charge on any atom is -0.243 e. The van der Waals surface area contributed by atoms with Crippen LogP contribution in [0.15, 0.2) is 69.5 Å². The zero-order chi connectivity index (χ0) is 19.3. The second-order valence-electron chi connectivity index (χ2n) is 7.03. The fraction of sp³-hybridized carbons (Fsp3) is 0.200. The average Bonchev–Trinajstić information content (AvgIpc) is 3.13. The SMILES string of the molecule is C[C@H]1[C@H](NS(=O)(=O)c2ccc(-c3ccc4nonc4c3)s2)[C@H]1c1ccccc1. The van der Waals surface area contributed by atoms with Gasteiger partial charge in [0.1, 0.15) is 15.2 Å². The smallest absolute Gasteiger partial charge is 0.243 e. The van der Waals surface area contributed by atoms with Crippen molar-refractivity contribution in [2.45, 2.75) is 23.1 Å². The first-order chi connectivity index (χ1) is 13.5. The normalized spacial score (nSPS) is 21.8. The van der Waals surface area contributed by atoms with E-state index in [-0.39, 0.29) is 17.9 Å². The van der Waals surface area contributed by atoms with E-state index < -0.39 is 10.0 Å². The predicted octanol–water partition coefficient (Wildman–Crippen LogP) is 4.03. The van der Waals surface area contributed by atoms with Crippen LogP contribution in [0.25, 0.3) is 21.5 Å². The van der Waals surface area contributed by atoms with Crippen LogP contribution in [0.1, 0.15) is 18.4 Å². The van der Waals surface area contributed by atoms with Crippen molar-refractivity contribution in [3.63, 3.8) is 0 Å². The number of thiophene rings is 1. The Morgan fingerprint density at radius 3 is 2.61 bits per heavy atom. The van der Waals surface area contributed by atoms with E-state index in [1.165, 1.54) is 16.9 Å². The van der Waals surface area contributed by atoms with E-state index in [0.29, 0.717) is 15.2 Å². The van der Waals surface area contributed by atoms with Crippen molar-refractivity contribution in [3.8, 4) is 10.4 Å². The van der Waals surface area contributed by atoms with Crippen LogP contribution in [0.2, 0.25) is 0 Å². The molecule has 6 nitrogen and oxygen atoms in total. The Hall–Kier alpha value is -2.55. The van der Waals surface area contributed by atoms with Crippen molar-refractivity contribution < 1.29 is 13.0 Å². The van der Waals surface area contributed by atoms with Crippen LogP contribution < -0.4 is 4.72 Å². The summed E-state index contributed by atoms with van der Waals surface area (Å²) in [5.74, 6) is 0.496. The lowest BCUT2D eigenvalue weighted by Gasteiger charge is -2.04. The molecule has 0 aliphatic heterocycles. The lowest BCUT2D eigenvalue weighted by Crippen LogP contribution is -2.27. The molecule has 0 spiro atoms. The molecule has 142 valence electrons. The van der Waals surface area contributed by atoms with E-state index >= 15 is 0 Å². The van der Waals surface area contributed by atoms with Gasteiger partial charge in [0.25, 0.3) is 0 Å². The first kappa shape index (κ1) is 17.5. The van der Waals surface area contributed by atoms with Gasteiger partial charge in [-0.3, -0.25) is 0 Å². The maximum absolute atomic E-state index is 12.9. The van der Waals surface area contributed by atoms with Gasteiger partial charge in [-0.1, -0.05) is 43.3 Å². The number of nitrogens with zero attached hydrogens (tertiary/aromatic N) is 2. The fourth-order valence-corrected chi connectivity index (χ4v) is 6.29. The van der Waals surface area contributed by atoms with Crippen molar-refractivity contribution in [2.24, 2.45) is 5.92 Å². The lowest BCUT2D eigenvalue weighted by molar-refractivity contribution is 0.315. The number of hydrogen-bond donors (Lipinski definition) is 1. The Kier molecular flexibility index (Phi) is 4.08. The summed E-state index contributed by atoms with van der Waals surface area (Å²) in [5.41, 5.74) is 3.37. The minimum atomic E-state index is -3.57. The zero-order valence-corrected chi connectivity index (χ0v) is 16.6. The van der Waals surface area contributed by atoms with Crippen LogP contribution >= 0.6 is 11.3 Å². The Labute approximate surface area is 166 Å². The van der Waals surface area contributed by atoms with Crippen LogP contribution in [0, 0.1) is 5.92 Å². The Morgan fingerprint density at radius 1 is 1.00 bits per heavy atom. The second-order valence-corrected chi connectivity index (χ2v) is 10.1. The molecule has 1 N–H and O–H groups in total. The number of hydrogen-bond acceptors (Lipinski definition) is 6. The van der Waals surface area contributed by atoms with Crippen LogP contribution in [-0.2, 0) is 10.0 Å². The zero-order valence-electron chi connectivity index (χ0n) is 14.9. The summed E-state index contributed by atoms with van der Waals surface area (Å²) in [6, 6.07) is 19.0. The molecule has 1 aliphatic carbocycles. The van der Waals surface area contributed by atoms with E-state index in [9.17, 15) is 8.42 Å². The van der Waals surface area contributed by atoms with Gasteiger partial charge < -0.3 is 0 Å². The molecule has 2 aromatic carbocycles. The molecule has 3 atom stereocenters. The Bertz CT molecular complexity index is 1250. The van der Waals surface area contributed by atoms with Crippen molar-refractivity contribution in [2.75, 3.05) is 0 Å². The molecule has 1 aliphatic rings. The first-order valence-electron chi connectivity index (χ1n) is 8.93. The highest BCUT2D eigenvalue weighted by Crippen LogP contribution is 2.48. The van der Waals surface area contributed by atoms with Gasteiger partial charge in [0.15, 0.2) is 0 Å². The van der Waals surface area contributed by atoms with E-state index in [0.717, 1.165) is 10.4 Å². The van der Waals surface area contributed by atoms with Gasteiger partial charge in [0.05, 0.1) is 0 Å².